The Bertz CT molecular complexity index is 1130. The maximum atomic E-state index is 12.7. The summed E-state index contributed by atoms with van der Waals surface area (Å²) in [6.07, 6.45) is 22.5. The van der Waals surface area contributed by atoms with Crippen LogP contribution in [0.25, 0.3) is 0 Å². The first-order valence-corrected chi connectivity index (χ1v) is 22.0. The minimum Gasteiger partial charge on any atom is -0.460 e. The molecule has 0 bridgehead atoms. The monoisotopic (exact) mass is 813 g/mol. The highest BCUT2D eigenvalue weighted by Gasteiger charge is 2.27. The van der Waals surface area contributed by atoms with E-state index in [0.717, 1.165) is 90.0 Å². The Hall–Kier alpha value is -3.03. The number of hydrogen-bond acceptors (Lipinski definition) is 9. The molecule has 0 heterocycles. The summed E-state index contributed by atoms with van der Waals surface area (Å²) in [6.45, 7) is 8.47. The summed E-state index contributed by atoms with van der Waals surface area (Å²) in [5.74, 6) is -0.824. The number of ether oxygens (including phenoxy) is 3. The summed E-state index contributed by atoms with van der Waals surface area (Å²) in [4.78, 5) is 59.1. The quantitative estimate of drug-likeness (QED) is 0.0220. The second-order valence-electron chi connectivity index (χ2n) is 16.9. The van der Waals surface area contributed by atoms with Gasteiger partial charge in [-0.3, -0.25) is 19.2 Å². The van der Waals surface area contributed by atoms with Gasteiger partial charge in [0.05, 0.1) is 34.3 Å². The highest BCUT2D eigenvalue weighted by Crippen LogP contribution is 2.16. The Morgan fingerprint density at radius 1 is 0.614 bits per heavy atom. The molecule has 0 aliphatic carbocycles. The molecule has 3 N–H and O–H groups in total. The Balaban J connectivity index is 3.89. The molecule has 0 rings (SSSR count). The molecule has 0 radical (unpaired) electrons. The summed E-state index contributed by atoms with van der Waals surface area (Å²) < 4.78 is 16.6. The van der Waals surface area contributed by atoms with Crippen LogP contribution in [-0.4, -0.2) is 137 Å². The number of carbonyl (C=O) groups excluding carboxylic acids is 5. The third-order valence-electron chi connectivity index (χ3n) is 10.0. The fourth-order valence-electron chi connectivity index (χ4n) is 6.39. The van der Waals surface area contributed by atoms with Crippen LogP contribution in [0.1, 0.15) is 149 Å². The normalized spacial score (nSPS) is 12.9. The number of rotatable bonds is 37. The van der Waals surface area contributed by atoms with Gasteiger partial charge in [-0.2, -0.15) is 0 Å². The predicted molar refractivity (Wildman–Crippen MR) is 226 cm³/mol. The number of carbonyl (C=O) groups is 5. The zero-order chi connectivity index (χ0) is 42.8. The van der Waals surface area contributed by atoms with E-state index in [1.54, 1.807) is 0 Å². The lowest BCUT2D eigenvalue weighted by molar-refractivity contribution is -0.883. The number of nitrogens with one attached hydrogen (secondary N) is 2. The van der Waals surface area contributed by atoms with Crippen LogP contribution < -0.4 is 10.6 Å². The zero-order valence-electron chi connectivity index (χ0n) is 37.2. The van der Waals surface area contributed by atoms with E-state index < -0.39 is 12.2 Å². The van der Waals surface area contributed by atoms with Gasteiger partial charge in [-0.25, -0.2) is 4.79 Å². The van der Waals surface area contributed by atoms with E-state index >= 15 is 0 Å². The van der Waals surface area contributed by atoms with Crippen LogP contribution >= 0.6 is 0 Å². The molecule has 2 unspecified atom stereocenters. The number of nitrogens with zero attached hydrogens (tertiary/aromatic N) is 2. The SMILES string of the molecule is CCCCCC(OC(=O)C[N+](C)(C)CCOC(C)=O)C(O)C/C=C/CCCCCCCC(=O)NCCCCCCCCCCNC(=O)C[N+](C)(C)CCOC(C)=O. The van der Waals surface area contributed by atoms with E-state index in [0.29, 0.717) is 61.0 Å². The third-order valence-corrected chi connectivity index (χ3v) is 10.0. The van der Waals surface area contributed by atoms with Gasteiger partial charge in [0.1, 0.15) is 32.4 Å². The molecule has 2 atom stereocenters. The number of amides is 2. The second-order valence-corrected chi connectivity index (χ2v) is 16.9. The van der Waals surface area contributed by atoms with Gasteiger partial charge in [-0.05, 0) is 51.4 Å². The molecule has 0 aromatic carbocycles. The van der Waals surface area contributed by atoms with E-state index in [-0.39, 0.29) is 42.9 Å². The maximum Gasteiger partial charge on any atom is 0.362 e. The first-order valence-electron chi connectivity index (χ1n) is 22.0. The van der Waals surface area contributed by atoms with Gasteiger partial charge in [0.2, 0.25) is 5.91 Å². The predicted octanol–water partition coefficient (Wildman–Crippen LogP) is 6.15. The fourth-order valence-corrected chi connectivity index (χ4v) is 6.39. The summed E-state index contributed by atoms with van der Waals surface area (Å²) in [7, 11) is 7.69. The minimum atomic E-state index is -0.753. The molecule has 0 spiro atoms. The van der Waals surface area contributed by atoms with Crippen molar-refractivity contribution in [3.8, 4) is 0 Å². The molecular formula is C44H84N4O9+2. The van der Waals surface area contributed by atoms with Crippen molar-refractivity contribution < 1.29 is 52.3 Å². The molecule has 0 saturated carbocycles. The van der Waals surface area contributed by atoms with Crippen molar-refractivity contribution in [1.82, 2.24) is 10.6 Å². The molecular weight excluding hydrogens is 729 g/mol. The average molecular weight is 813 g/mol. The summed E-state index contributed by atoms with van der Waals surface area (Å²) >= 11 is 0. The van der Waals surface area contributed by atoms with E-state index in [1.807, 2.05) is 34.3 Å². The molecule has 0 saturated heterocycles. The number of quaternary nitrogens is 2. The number of allylic oxidation sites excluding steroid dienone is 1. The van der Waals surface area contributed by atoms with Crippen molar-refractivity contribution in [3.63, 3.8) is 0 Å². The molecule has 0 fully saturated rings. The van der Waals surface area contributed by atoms with Crippen molar-refractivity contribution in [3.05, 3.63) is 12.2 Å². The van der Waals surface area contributed by atoms with Gasteiger partial charge in [0, 0.05) is 33.4 Å². The molecule has 13 heteroatoms. The van der Waals surface area contributed by atoms with Gasteiger partial charge in [-0.15, -0.1) is 0 Å². The van der Waals surface area contributed by atoms with E-state index in [9.17, 15) is 29.1 Å². The highest BCUT2D eigenvalue weighted by atomic mass is 16.6. The standard InChI is InChI=1S/C44H82N4O9/c1-8-9-22-28-41(57-44(54)37-48(6,7)33-35-56-39(3)50)40(51)27-23-18-14-10-11-15-19-24-29-42(52)45-30-25-20-16-12-13-17-21-26-31-46-43(53)36-47(4,5)32-34-55-38(2)49/h18,23,40-41,51H,8-17,19-22,24-37H2,1-7H3/p+2/b23-18+. The highest BCUT2D eigenvalue weighted by molar-refractivity contribution is 5.77. The summed E-state index contributed by atoms with van der Waals surface area (Å²) in [6, 6.07) is 0. The van der Waals surface area contributed by atoms with Crippen LogP contribution in [0.2, 0.25) is 0 Å². The van der Waals surface area contributed by atoms with Crippen LogP contribution in [0.4, 0.5) is 0 Å². The first kappa shape index (κ1) is 54.0. The molecule has 0 aromatic rings. The zero-order valence-corrected chi connectivity index (χ0v) is 37.2. The van der Waals surface area contributed by atoms with Crippen LogP contribution in [0.3, 0.4) is 0 Å². The van der Waals surface area contributed by atoms with E-state index in [1.165, 1.54) is 39.5 Å². The fraction of sp³-hybridized carbons (Fsp3) is 0.841. The van der Waals surface area contributed by atoms with Crippen molar-refractivity contribution >= 4 is 29.7 Å². The van der Waals surface area contributed by atoms with Crippen LogP contribution in [0.15, 0.2) is 12.2 Å². The van der Waals surface area contributed by atoms with Gasteiger partial charge in [0.25, 0.3) is 5.91 Å². The molecule has 13 nitrogen and oxygen atoms in total. The lowest BCUT2D eigenvalue weighted by Gasteiger charge is -2.30. The Kier molecular flexibility index (Phi) is 32.1. The van der Waals surface area contributed by atoms with Crippen molar-refractivity contribution in [2.75, 3.05) is 80.7 Å². The van der Waals surface area contributed by atoms with E-state index in [4.69, 9.17) is 14.2 Å². The largest absolute Gasteiger partial charge is 0.460 e. The van der Waals surface area contributed by atoms with Crippen molar-refractivity contribution in [2.24, 2.45) is 0 Å². The number of hydrogen-bond donors (Lipinski definition) is 3. The molecule has 0 aromatic heterocycles. The maximum absolute atomic E-state index is 12.7. The van der Waals surface area contributed by atoms with Crippen LogP contribution in [0, 0.1) is 0 Å². The van der Waals surface area contributed by atoms with Gasteiger partial charge in [0.15, 0.2) is 13.1 Å². The lowest BCUT2D eigenvalue weighted by Crippen LogP contribution is -2.49. The third kappa shape index (κ3) is 35.8. The topological polar surface area (TPSA) is 157 Å². The number of likely N-dealkylation sites (N-methyl/N-ethyl adjacent to an activating group) is 2. The van der Waals surface area contributed by atoms with Gasteiger partial charge >= 0.3 is 17.9 Å². The molecule has 332 valence electrons. The minimum absolute atomic E-state index is 0.0277. The number of aliphatic hydroxyl groups excluding tert-OH is 1. The molecule has 57 heavy (non-hydrogen) atoms. The number of unbranched alkanes of at least 4 members (excludes halogenated alkanes) is 14. The average Bonchev–Trinajstić information content (AvgIpc) is 3.11. The molecule has 0 aliphatic rings. The lowest BCUT2D eigenvalue weighted by atomic mass is 10.0. The summed E-state index contributed by atoms with van der Waals surface area (Å²) in [5, 5.41) is 16.9. The van der Waals surface area contributed by atoms with Crippen LogP contribution in [-0.2, 0) is 38.2 Å². The van der Waals surface area contributed by atoms with Crippen LogP contribution in [0.5, 0.6) is 0 Å². The number of aliphatic hydroxyl groups is 1. The Morgan fingerprint density at radius 3 is 1.65 bits per heavy atom. The van der Waals surface area contributed by atoms with Gasteiger partial charge in [-0.1, -0.05) is 89.7 Å². The Labute approximate surface area is 346 Å². The number of esters is 3. The second kappa shape index (κ2) is 33.9. The summed E-state index contributed by atoms with van der Waals surface area (Å²) in [5.41, 5.74) is 0. The first-order chi connectivity index (χ1) is 27.1. The molecule has 2 amide bonds. The van der Waals surface area contributed by atoms with E-state index in [2.05, 4.69) is 23.6 Å². The Morgan fingerprint density at radius 2 is 1.11 bits per heavy atom. The van der Waals surface area contributed by atoms with Gasteiger partial charge < -0.3 is 38.9 Å². The van der Waals surface area contributed by atoms with Crippen molar-refractivity contribution in [1.29, 1.82) is 0 Å². The smallest absolute Gasteiger partial charge is 0.362 e. The molecule has 0 aliphatic heterocycles. The van der Waals surface area contributed by atoms with Crippen molar-refractivity contribution in [2.45, 2.75) is 161 Å².